The van der Waals surface area contributed by atoms with Crippen LogP contribution in [-0.2, 0) is 0 Å². The second kappa shape index (κ2) is 8.35. The molecule has 1 aromatic rings. The molecule has 0 saturated heterocycles. The molecule has 0 radical (unpaired) electrons. The number of carbonyl (C=O) groups is 1. The summed E-state index contributed by atoms with van der Waals surface area (Å²) in [7, 11) is 0. The minimum atomic E-state index is -0.498. The van der Waals surface area contributed by atoms with E-state index >= 15 is 0 Å². The number of rotatable bonds is 6. The number of ether oxygens (including phenoxy) is 1. The van der Waals surface area contributed by atoms with Gasteiger partial charge in [0.25, 0.3) is 0 Å². The predicted octanol–water partition coefficient (Wildman–Crippen LogP) is 2.64. The molecule has 0 atom stereocenters. The highest BCUT2D eigenvalue weighted by atomic mass is 16.6. The maximum Gasteiger partial charge on any atom is 0.427 e. The number of hydrogen-bond acceptors (Lipinski definition) is 3. The second-order valence-electron chi connectivity index (χ2n) is 3.47. The molecule has 0 aromatic heterocycles. The molecule has 1 amide bonds. The number of hydrazine groups is 1. The molecule has 92 valence electrons. The maximum absolute atomic E-state index is 11.3. The first-order valence-corrected chi connectivity index (χ1v) is 5.70. The van der Waals surface area contributed by atoms with Crippen molar-refractivity contribution in [3.05, 3.63) is 42.5 Å². The third-order valence-electron chi connectivity index (χ3n) is 2.05. The summed E-state index contributed by atoms with van der Waals surface area (Å²) in [6.45, 7) is 2.71. The molecule has 1 aromatic carbocycles. The first-order chi connectivity index (χ1) is 8.33. The van der Waals surface area contributed by atoms with Crippen molar-refractivity contribution >= 4 is 6.09 Å². The summed E-state index contributed by atoms with van der Waals surface area (Å²) >= 11 is 0. The summed E-state index contributed by atoms with van der Waals surface area (Å²) in [5, 5.41) is 0. The van der Waals surface area contributed by atoms with Crippen molar-refractivity contribution in [2.45, 2.75) is 19.8 Å². The lowest BCUT2D eigenvalue weighted by atomic mass is 10.3. The van der Waals surface area contributed by atoms with E-state index in [0.29, 0.717) is 12.3 Å². The van der Waals surface area contributed by atoms with Crippen molar-refractivity contribution in [1.29, 1.82) is 0 Å². The number of carbonyl (C=O) groups excluding carboxylic acids is 1. The average molecular weight is 234 g/mol. The summed E-state index contributed by atoms with van der Waals surface area (Å²) in [6, 6.07) is 8.95. The van der Waals surface area contributed by atoms with Crippen LogP contribution in [0.3, 0.4) is 0 Å². The SMILES string of the molecule is C/C=C/CCCNNC(=O)Oc1ccccc1. The minimum Gasteiger partial charge on any atom is -0.409 e. The third kappa shape index (κ3) is 6.37. The number of allylic oxidation sites excluding steroid dienone is 2. The lowest BCUT2D eigenvalue weighted by molar-refractivity contribution is 0.195. The van der Waals surface area contributed by atoms with Gasteiger partial charge in [-0.15, -0.1) is 0 Å². The number of para-hydroxylation sites is 1. The third-order valence-corrected chi connectivity index (χ3v) is 2.05. The van der Waals surface area contributed by atoms with E-state index in [1.54, 1.807) is 12.1 Å². The van der Waals surface area contributed by atoms with Crippen LogP contribution in [0.4, 0.5) is 4.79 Å². The molecule has 0 aliphatic rings. The van der Waals surface area contributed by atoms with Crippen molar-refractivity contribution in [2.24, 2.45) is 0 Å². The molecule has 0 spiro atoms. The zero-order valence-electron chi connectivity index (χ0n) is 9.98. The summed E-state index contributed by atoms with van der Waals surface area (Å²) < 4.78 is 5.02. The van der Waals surface area contributed by atoms with Crippen LogP contribution in [0.15, 0.2) is 42.5 Å². The van der Waals surface area contributed by atoms with Crippen LogP contribution in [0.5, 0.6) is 5.75 Å². The van der Waals surface area contributed by atoms with Crippen molar-refractivity contribution in [1.82, 2.24) is 10.9 Å². The van der Waals surface area contributed by atoms with Crippen LogP contribution >= 0.6 is 0 Å². The van der Waals surface area contributed by atoms with Gasteiger partial charge in [0.05, 0.1) is 0 Å². The van der Waals surface area contributed by atoms with E-state index in [-0.39, 0.29) is 0 Å². The molecule has 4 heteroatoms. The number of amides is 1. The molecule has 2 N–H and O–H groups in total. The molecule has 1 rings (SSSR count). The van der Waals surface area contributed by atoms with Gasteiger partial charge in [0.1, 0.15) is 5.75 Å². The van der Waals surface area contributed by atoms with Crippen molar-refractivity contribution < 1.29 is 9.53 Å². The summed E-state index contributed by atoms with van der Waals surface area (Å²) in [4.78, 5) is 11.3. The second-order valence-corrected chi connectivity index (χ2v) is 3.47. The lowest BCUT2D eigenvalue weighted by Gasteiger charge is -2.07. The Morgan fingerprint density at radius 1 is 1.35 bits per heavy atom. The van der Waals surface area contributed by atoms with Gasteiger partial charge in [0, 0.05) is 6.54 Å². The Balaban J connectivity index is 2.10. The van der Waals surface area contributed by atoms with E-state index in [4.69, 9.17) is 4.74 Å². The first kappa shape index (κ1) is 13.3. The quantitative estimate of drug-likeness (QED) is 0.452. The van der Waals surface area contributed by atoms with Gasteiger partial charge in [0.2, 0.25) is 0 Å². The van der Waals surface area contributed by atoms with Crippen LogP contribution in [-0.4, -0.2) is 12.6 Å². The van der Waals surface area contributed by atoms with Crippen molar-refractivity contribution in [2.75, 3.05) is 6.54 Å². The Morgan fingerprint density at radius 2 is 2.12 bits per heavy atom. The first-order valence-electron chi connectivity index (χ1n) is 5.70. The van der Waals surface area contributed by atoms with Gasteiger partial charge in [-0.3, -0.25) is 5.43 Å². The van der Waals surface area contributed by atoms with E-state index in [9.17, 15) is 4.79 Å². The van der Waals surface area contributed by atoms with Gasteiger partial charge in [0.15, 0.2) is 0 Å². The van der Waals surface area contributed by atoms with Gasteiger partial charge in [-0.25, -0.2) is 10.2 Å². The highest BCUT2D eigenvalue weighted by Crippen LogP contribution is 2.07. The fraction of sp³-hybridized carbons (Fsp3) is 0.308. The van der Waals surface area contributed by atoms with Crippen LogP contribution in [0.1, 0.15) is 19.8 Å². The molecule has 0 unspecified atom stereocenters. The van der Waals surface area contributed by atoms with E-state index in [0.717, 1.165) is 12.8 Å². The van der Waals surface area contributed by atoms with Gasteiger partial charge in [-0.2, -0.15) is 0 Å². The smallest absolute Gasteiger partial charge is 0.409 e. The largest absolute Gasteiger partial charge is 0.427 e. The van der Waals surface area contributed by atoms with E-state index in [2.05, 4.69) is 16.9 Å². The normalized spacial score (nSPS) is 10.4. The molecular formula is C13H18N2O2. The van der Waals surface area contributed by atoms with Crippen LogP contribution in [0, 0.1) is 0 Å². The highest BCUT2D eigenvalue weighted by Gasteiger charge is 2.01. The predicted molar refractivity (Wildman–Crippen MR) is 67.7 cm³/mol. The monoisotopic (exact) mass is 234 g/mol. The summed E-state index contributed by atoms with van der Waals surface area (Å²) in [5.74, 6) is 0.528. The molecule has 4 nitrogen and oxygen atoms in total. The molecule has 0 fully saturated rings. The Kier molecular flexibility index (Phi) is 6.51. The average Bonchev–Trinajstić information content (AvgIpc) is 2.35. The molecule has 0 heterocycles. The standard InChI is InChI=1S/C13H18N2O2/c1-2-3-4-8-11-14-15-13(16)17-12-9-6-5-7-10-12/h2-3,5-7,9-10,14H,4,8,11H2,1H3,(H,15,16)/b3-2+. The number of benzene rings is 1. The zero-order valence-corrected chi connectivity index (χ0v) is 9.98. The number of nitrogens with one attached hydrogen (secondary N) is 2. The van der Waals surface area contributed by atoms with E-state index < -0.39 is 6.09 Å². The molecular weight excluding hydrogens is 216 g/mol. The molecule has 17 heavy (non-hydrogen) atoms. The van der Waals surface area contributed by atoms with Crippen LogP contribution in [0.25, 0.3) is 0 Å². The molecule has 0 saturated carbocycles. The molecule has 0 aliphatic heterocycles. The number of unbranched alkanes of at least 4 members (excludes halogenated alkanes) is 1. The van der Waals surface area contributed by atoms with E-state index in [1.165, 1.54) is 0 Å². The zero-order chi connectivity index (χ0) is 12.3. The number of hydrogen-bond donors (Lipinski definition) is 2. The van der Waals surface area contributed by atoms with Crippen molar-refractivity contribution in [3.8, 4) is 5.75 Å². The van der Waals surface area contributed by atoms with Gasteiger partial charge in [-0.1, -0.05) is 30.4 Å². The minimum absolute atomic E-state index is 0.498. The van der Waals surface area contributed by atoms with Gasteiger partial charge < -0.3 is 4.74 Å². The fourth-order valence-electron chi connectivity index (χ4n) is 1.23. The van der Waals surface area contributed by atoms with E-state index in [1.807, 2.05) is 31.2 Å². The Labute approximate surface area is 102 Å². The van der Waals surface area contributed by atoms with Crippen molar-refractivity contribution in [3.63, 3.8) is 0 Å². The maximum atomic E-state index is 11.3. The van der Waals surface area contributed by atoms with Crippen LogP contribution in [0.2, 0.25) is 0 Å². The molecule has 0 aliphatic carbocycles. The summed E-state index contributed by atoms with van der Waals surface area (Å²) in [6.07, 6.45) is 5.57. The highest BCUT2D eigenvalue weighted by molar-refractivity contribution is 5.69. The van der Waals surface area contributed by atoms with Gasteiger partial charge in [-0.05, 0) is 31.9 Å². The lowest BCUT2D eigenvalue weighted by Crippen LogP contribution is -2.39. The Morgan fingerprint density at radius 3 is 2.82 bits per heavy atom. The van der Waals surface area contributed by atoms with Crippen LogP contribution < -0.4 is 15.6 Å². The Bertz CT molecular complexity index is 350. The van der Waals surface area contributed by atoms with Gasteiger partial charge >= 0.3 is 6.09 Å². The summed E-state index contributed by atoms with van der Waals surface area (Å²) in [5.41, 5.74) is 5.28. The molecule has 0 bridgehead atoms. The Hall–Kier alpha value is -1.81. The fourth-order valence-corrected chi connectivity index (χ4v) is 1.23. The topological polar surface area (TPSA) is 50.4 Å².